The standard InChI is InChI=1S/C13H14F2N2O3/c1-3-20-7(18)5-17-10-8(9(16-17)12(14)15)13(2)4-6(13)11(10)19/h6,12H,3-5H2,1-2H3. The van der Waals surface area contributed by atoms with Crippen molar-refractivity contribution >= 4 is 11.8 Å². The minimum Gasteiger partial charge on any atom is -0.465 e. The van der Waals surface area contributed by atoms with Crippen molar-refractivity contribution in [2.75, 3.05) is 6.61 Å². The largest absolute Gasteiger partial charge is 0.465 e. The van der Waals surface area contributed by atoms with Crippen LogP contribution in [0.15, 0.2) is 0 Å². The molecule has 2 aliphatic rings. The summed E-state index contributed by atoms with van der Waals surface area (Å²) in [5, 5.41) is 3.77. The number of carbonyl (C=O) groups excluding carboxylic acids is 2. The Balaban J connectivity index is 2.04. The Morgan fingerprint density at radius 3 is 2.90 bits per heavy atom. The Bertz CT molecular complexity index is 611. The van der Waals surface area contributed by atoms with Crippen LogP contribution in [0.25, 0.3) is 0 Å². The molecule has 108 valence electrons. The first-order chi connectivity index (χ1) is 9.40. The van der Waals surface area contributed by atoms with E-state index in [1.165, 1.54) is 0 Å². The highest BCUT2D eigenvalue weighted by atomic mass is 19.3. The molecule has 0 aromatic carbocycles. The first-order valence-corrected chi connectivity index (χ1v) is 6.49. The zero-order valence-electron chi connectivity index (χ0n) is 11.2. The summed E-state index contributed by atoms with van der Waals surface area (Å²) < 4.78 is 32.1. The average Bonchev–Trinajstić information content (AvgIpc) is 2.81. The van der Waals surface area contributed by atoms with Gasteiger partial charge >= 0.3 is 5.97 Å². The van der Waals surface area contributed by atoms with Gasteiger partial charge in [0.1, 0.15) is 17.9 Å². The molecule has 0 spiro atoms. The topological polar surface area (TPSA) is 61.2 Å². The highest BCUT2D eigenvalue weighted by Gasteiger charge is 2.65. The molecule has 2 aliphatic carbocycles. The highest BCUT2D eigenvalue weighted by Crippen LogP contribution is 2.62. The normalized spacial score (nSPS) is 26.6. The van der Waals surface area contributed by atoms with E-state index in [1.807, 2.05) is 0 Å². The summed E-state index contributed by atoms with van der Waals surface area (Å²) in [6.07, 6.45) is -2.17. The van der Waals surface area contributed by atoms with E-state index in [0.29, 0.717) is 12.0 Å². The van der Waals surface area contributed by atoms with Crippen molar-refractivity contribution in [1.82, 2.24) is 9.78 Å². The number of esters is 1. The lowest BCUT2D eigenvalue weighted by Gasteiger charge is -2.06. The lowest BCUT2D eigenvalue weighted by atomic mass is 9.99. The predicted octanol–water partition coefficient (Wildman–Crippen LogP) is 1.86. The van der Waals surface area contributed by atoms with Crippen molar-refractivity contribution in [2.24, 2.45) is 5.92 Å². The number of hydrogen-bond donors (Lipinski definition) is 0. The number of nitrogens with zero attached hydrogens (tertiary/aromatic N) is 2. The molecule has 1 fully saturated rings. The Labute approximate surface area is 113 Å². The van der Waals surface area contributed by atoms with E-state index in [9.17, 15) is 18.4 Å². The number of carbonyl (C=O) groups is 2. The maximum atomic E-state index is 13.1. The van der Waals surface area contributed by atoms with Gasteiger partial charge in [0.2, 0.25) is 0 Å². The van der Waals surface area contributed by atoms with E-state index in [4.69, 9.17) is 4.74 Å². The first-order valence-electron chi connectivity index (χ1n) is 6.49. The van der Waals surface area contributed by atoms with Crippen LogP contribution >= 0.6 is 0 Å². The Hall–Kier alpha value is -1.79. The second-order valence-electron chi connectivity index (χ2n) is 5.41. The number of ketones is 1. The summed E-state index contributed by atoms with van der Waals surface area (Å²) in [6.45, 7) is 3.33. The van der Waals surface area contributed by atoms with E-state index in [1.54, 1.807) is 13.8 Å². The van der Waals surface area contributed by atoms with Gasteiger partial charge in [-0.15, -0.1) is 0 Å². The number of halogens is 2. The van der Waals surface area contributed by atoms with E-state index < -0.39 is 17.8 Å². The molecule has 2 atom stereocenters. The van der Waals surface area contributed by atoms with Crippen LogP contribution in [0.5, 0.6) is 0 Å². The van der Waals surface area contributed by atoms with Crippen LogP contribution in [0, 0.1) is 5.92 Å². The molecular weight excluding hydrogens is 270 g/mol. The van der Waals surface area contributed by atoms with Crippen LogP contribution in [-0.2, 0) is 21.5 Å². The van der Waals surface area contributed by atoms with Crippen molar-refractivity contribution < 1.29 is 23.1 Å². The molecule has 0 N–H and O–H groups in total. The number of aromatic nitrogens is 2. The molecular formula is C13H14F2N2O3. The monoisotopic (exact) mass is 284 g/mol. The van der Waals surface area contributed by atoms with Crippen molar-refractivity contribution in [3.8, 4) is 0 Å². The summed E-state index contributed by atoms with van der Waals surface area (Å²) in [5.74, 6) is -1.01. The van der Waals surface area contributed by atoms with Crippen LogP contribution < -0.4 is 0 Å². The van der Waals surface area contributed by atoms with Gasteiger partial charge in [-0.2, -0.15) is 5.10 Å². The molecule has 0 bridgehead atoms. The van der Waals surface area contributed by atoms with Gasteiger partial charge in [0.25, 0.3) is 6.43 Å². The number of rotatable bonds is 4. The molecule has 1 saturated carbocycles. The van der Waals surface area contributed by atoms with E-state index >= 15 is 0 Å². The zero-order valence-corrected chi connectivity index (χ0v) is 11.2. The second kappa shape index (κ2) is 4.10. The molecule has 2 unspecified atom stereocenters. The highest BCUT2D eigenvalue weighted by molar-refractivity contribution is 6.06. The molecule has 0 amide bonds. The van der Waals surface area contributed by atoms with Gasteiger partial charge in [-0.05, 0) is 13.3 Å². The fourth-order valence-corrected chi connectivity index (χ4v) is 3.08. The minimum atomic E-state index is -2.75. The van der Waals surface area contributed by atoms with E-state index in [0.717, 1.165) is 4.68 Å². The van der Waals surface area contributed by atoms with Gasteiger partial charge in [-0.3, -0.25) is 9.59 Å². The molecule has 0 saturated heterocycles. The Morgan fingerprint density at radius 1 is 1.60 bits per heavy atom. The number of Topliss-reactive ketones (excluding diaryl/α,β-unsaturated/α-hetero) is 1. The average molecular weight is 284 g/mol. The predicted molar refractivity (Wildman–Crippen MR) is 63.6 cm³/mol. The van der Waals surface area contributed by atoms with E-state index in [2.05, 4.69) is 5.10 Å². The van der Waals surface area contributed by atoms with Gasteiger partial charge in [0, 0.05) is 16.9 Å². The van der Waals surface area contributed by atoms with E-state index in [-0.39, 0.29) is 36.2 Å². The Kier molecular flexibility index (Phi) is 2.71. The first kappa shape index (κ1) is 13.2. The molecule has 3 rings (SSSR count). The van der Waals surface area contributed by atoms with Gasteiger partial charge < -0.3 is 4.74 Å². The van der Waals surface area contributed by atoms with Crippen molar-refractivity contribution in [1.29, 1.82) is 0 Å². The van der Waals surface area contributed by atoms with Crippen LogP contribution in [0.1, 0.15) is 48.4 Å². The minimum absolute atomic E-state index is 0.159. The summed E-state index contributed by atoms with van der Waals surface area (Å²) in [5.41, 5.74) is -0.412. The van der Waals surface area contributed by atoms with Crippen LogP contribution in [0.4, 0.5) is 8.78 Å². The maximum absolute atomic E-state index is 13.1. The molecule has 20 heavy (non-hydrogen) atoms. The van der Waals surface area contributed by atoms with Crippen LogP contribution in [0.3, 0.4) is 0 Å². The number of fused-ring (bicyclic) bond motifs is 3. The molecule has 1 aromatic rings. The second-order valence-corrected chi connectivity index (χ2v) is 5.41. The summed E-state index contributed by atoms with van der Waals surface area (Å²) in [4.78, 5) is 23.7. The SMILES string of the molecule is CCOC(=O)Cn1nc(C(F)F)c2c1C(=O)C1CC21C. The molecule has 5 nitrogen and oxygen atoms in total. The third-order valence-corrected chi connectivity index (χ3v) is 4.13. The third-order valence-electron chi connectivity index (χ3n) is 4.13. The molecule has 0 aliphatic heterocycles. The summed E-state index contributed by atoms with van der Waals surface area (Å²) in [7, 11) is 0. The fourth-order valence-electron chi connectivity index (χ4n) is 3.08. The van der Waals surface area contributed by atoms with Crippen molar-refractivity contribution in [3.63, 3.8) is 0 Å². The lowest BCUT2D eigenvalue weighted by Crippen LogP contribution is -2.18. The fraction of sp³-hybridized carbons (Fsp3) is 0.615. The molecule has 1 aromatic heterocycles. The molecule has 7 heteroatoms. The van der Waals surface area contributed by atoms with Gasteiger partial charge in [0.15, 0.2) is 5.78 Å². The van der Waals surface area contributed by atoms with Crippen LogP contribution in [0.2, 0.25) is 0 Å². The van der Waals surface area contributed by atoms with Crippen molar-refractivity contribution in [2.45, 2.75) is 38.7 Å². The zero-order chi connectivity index (χ0) is 14.7. The van der Waals surface area contributed by atoms with Gasteiger partial charge in [-0.25, -0.2) is 13.5 Å². The quantitative estimate of drug-likeness (QED) is 0.792. The van der Waals surface area contributed by atoms with Gasteiger partial charge in [-0.1, -0.05) is 6.92 Å². The van der Waals surface area contributed by atoms with Crippen LogP contribution in [-0.4, -0.2) is 28.1 Å². The third kappa shape index (κ3) is 1.61. The number of ether oxygens (including phenoxy) is 1. The summed E-state index contributed by atoms with van der Waals surface area (Å²) >= 11 is 0. The lowest BCUT2D eigenvalue weighted by molar-refractivity contribution is -0.144. The van der Waals surface area contributed by atoms with Crippen molar-refractivity contribution in [3.05, 3.63) is 17.0 Å². The molecule has 0 radical (unpaired) electrons. The van der Waals surface area contributed by atoms with Gasteiger partial charge in [0.05, 0.1) is 6.61 Å². The summed E-state index contributed by atoms with van der Waals surface area (Å²) in [6, 6.07) is 0. The maximum Gasteiger partial charge on any atom is 0.327 e. The number of hydrogen-bond acceptors (Lipinski definition) is 4. The Morgan fingerprint density at radius 2 is 2.30 bits per heavy atom. The molecule has 1 heterocycles. The smallest absolute Gasteiger partial charge is 0.327 e. The number of alkyl halides is 2.